The van der Waals surface area contributed by atoms with Gasteiger partial charge in [-0.05, 0) is 44.8 Å². The van der Waals surface area contributed by atoms with Crippen LogP contribution >= 0.6 is 0 Å². The maximum Gasteiger partial charge on any atom is 0.407 e. The molecule has 80 valence electrons. The minimum atomic E-state index is -0.762. The quantitative estimate of drug-likeness (QED) is 0.738. The Morgan fingerprint density at radius 2 is 1.93 bits per heavy atom. The van der Waals surface area contributed by atoms with Crippen LogP contribution in [0.1, 0.15) is 19.3 Å². The highest BCUT2D eigenvalue weighted by molar-refractivity contribution is 5.65. The van der Waals surface area contributed by atoms with Crippen molar-refractivity contribution in [2.45, 2.75) is 19.3 Å². The summed E-state index contributed by atoms with van der Waals surface area (Å²) in [5.41, 5.74) is 0. The highest BCUT2D eigenvalue weighted by atomic mass is 16.4. The van der Waals surface area contributed by atoms with Crippen molar-refractivity contribution in [1.29, 1.82) is 0 Å². The van der Waals surface area contributed by atoms with E-state index in [1.54, 1.807) is 0 Å². The lowest BCUT2D eigenvalue weighted by Crippen LogP contribution is -2.50. The molecule has 0 saturated carbocycles. The predicted molar refractivity (Wildman–Crippen MR) is 53.4 cm³/mol. The summed E-state index contributed by atoms with van der Waals surface area (Å²) in [5, 5.41) is 8.65. The highest BCUT2D eigenvalue weighted by Crippen LogP contribution is 2.20. The zero-order chi connectivity index (χ0) is 9.97. The summed E-state index contributed by atoms with van der Waals surface area (Å²) >= 11 is 0. The Morgan fingerprint density at radius 1 is 1.29 bits per heavy atom. The van der Waals surface area contributed by atoms with E-state index in [1.165, 1.54) is 37.3 Å². The Hall–Kier alpha value is -0.770. The topological polar surface area (TPSA) is 43.8 Å². The molecule has 4 nitrogen and oxygen atoms in total. The fourth-order valence-corrected chi connectivity index (χ4v) is 2.28. The summed E-state index contributed by atoms with van der Waals surface area (Å²) in [7, 11) is 0. The van der Waals surface area contributed by atoms with Gasteiger partial charge < -0.3 is 14.9 Å². The number of carboxylic acid groups (broad SMARTS) is 1. The molecule has 0 bridgehead atoms. The van der Waals surface area contributed by atoms with Gasteiger partial charge in [0.25, 0.3) is 0 Å². The molecular formula is C10H18N2O2. The van der Waals surface area contributed by atoms with Gasteiger partial charge in [-0.25, -0.2) is 4.79 Å². The van der Waals surface area contributed by atoms with Crippen LogP contribution in [-0.2, 0) is 0 Å². The predicted octanol–water partition coefficient (Wildman–Crippen LogP) is 1.08. The second kappa shape index (κ2) is 4.17. The number of rotatable bonds is 3. The fraction of sp³-hybridized carbons (Fsp3) is 0.900. The lowest BCUT2D eigenvalue weighted by Gasteiger charge is -2.37. The lowest BCUT2D eigenvalue weighted by atomic mass is 9.97. The number of carbonyl (C=O) groups is 1. The van der Waals surface area contributed by atoms with E-state index in [1.807, 2.05) is 0 Å². The second-order valence-corrected chi connectivity index (χ2v) is 4.39. The molecule has 14 heavy (non-hydrogen) atoms. The molecule has 2 aliphatic rings. The van der Waals surface area contributed by atoms with Gasteiger partial charge >= 0.3 is 6.09 Å². The van der Waals surface area contributed by atoms with Crippen molar-refractivity contribution in [2.75, 3.05) is 32.7 Å². The van der Waals surface area contributed by atoms with Crippen molar-refractivity contribution in [2.24, 2.45) is 5.92 Å². The Kier molecular flexibility index (Phi) is 2.91. The summed E-state index contributed by atoms with van der Waals surface area (Å²) in [6.07, 6.45) is 3.09. The van der Waals surface area contributed by atoms with Crippen molar-refractivity contribution in [3.05, 3.63) is 0 Å². The van der Waals surface area contributed by atoms with Gasteiger partial charge in [0.15, 0.2) is 0 Å². The van der Waals surface area contributed by atoms with Gasteiger partial charge in [0.1, 0.15) is 0 Å². The van der Waals surface area contributed by atoms with Crippen molar-refractivity contribution in [3.63, 3.8) is 0 Å². The van der Waals surface area contributed by atoms with Crippen LogP contribution in [0.15, 0.2) is 0 Å². The normalized spacial score (nSPS) is 23.9. The van der Waals surface area contributed by atoms with E-state index >= 15 is 0 Å². The zero-order valence-electron chi connectivity index (χ0n) is 8.48. The molecule has 0 aromatic rings. The maximum atomic E-state index is 10.5. The minimum Gasteiger partial charge on any atom is -0.465 e. The Morgan fingerprint density at radius 3 is 2.50 bits per heavy atom. The highest BCUT2D eigenvalue weighted by Gasteiger charge is 2.30. The van der Waals surface area contributed by atoms with Crippen molar-refractivity contribution < 1.29 is 9.90 Å². The molecule has 2 fully saturated rings. The molecule has 1 N–H and O–H groups in total. The average Bonchev–Trinajstić information content (AvgIpc) is 2.52. The van der Waals surface area contributed by atoms with E-state index in [0.29, 0.717) is 5.92 Å². The molecule has 1 amide bonds. The number of likely N-dealkylation sites (tertiary alicyclic amines) is 2. The smallest absolute Gasteiger partial charge is 0.407 e. The third kappa shape index (κ3) is 2.18. The standard InChI is InChI=1S/C10H18N2O2/c13-10(14)12-7-9(8-12)3-6-11-4-1-2-5-11/h9H,1-8H2,(H,13,14). The van der Waals surface area contributed by atoms with Crippen LogP contribution < -0.4 is 0 Å². The second-order valence-electron chi connectivity index (χ2n) is 4.39. The third-order valence-corrected chi connectivity index (χ3v) is 3.28. The summed E-state index contributed by atoms with van der Waals surface area (Å²) in [5.74, 6) is 0.617. The Bertz CT molecular complexity index is 208. The van der Waals surface area contributed by atoms with Crippen LogP contribution in [0.2, 0.25) is 0 Å². The largest absolute Gasteiger partial charge is 0.465 e. The van der Waals surface area contributed by atoms with Crippen LogP contribution in [0.4, 0.5) is 4.79 Å². The summed E-state index contributed by atoms with van der Waals surface area (Å²) in [4.78, 5) is 14.5. The van der Waals surface area contributed by atoms with E-state index in [0.717, 1.165) is 19.6 Å². The SMILES string of the molecule is O=C(O)N1CC(CCN2CCCC2)C1. The van der Waals surface area contributed by atoms with Crippen molar-refractivity contribution in [1.82, 2.24) is 9.80 Å². The lowest BCUT2D eigenvalue weighted by molar-refractivity contribution is 0.0741. The first-order chi connectivity index (χ1) is 6.75. The minimum absolute atomic E-state index is 0.617. The van der Waals surface area contributed by atoms with Crippen LogP contribution in [-0.4, -0.2) is 53.7 Å². The number of amides is 1. The number of hydrogen-bond donors (Lipinski definition) is 1. The summed E-state index contributed by atoms with van der Waals surface area (Å²) < 4.78 is 0. The third-order valence-electron chi connectivity index (χ3n) is 3.28. The molecule has 0 unspecified atom stereocenters. The van der Waals surface area contributed by atoms with E-state index in [9.17, 15) is 4.79 Å². The summed E-state index contributed by atoms with van der Waals surface area (Å²) in [6.45, 7) is 5.16. The van der Waals surface area contributed by atoms with Crippen LogP contribution in [0, 0.1) is 5.92 Å². The van der Waals surface area contributed by atoms with Gasteiger partial charge in [0.05, 0.1) is 0 Å². The maximum absolute atomic E-state index is 10.5. The van der Waals surface area contributed by atoms with Gasteiger partial charge in [-0.2, -0.15) is 0 Å². The van der Waals surface area contributed by atoms with E-state index in [4.69, 9.17) is 5.11 Å². The number of hydrogen-bond acceptors (Lipinski definition) is 2. The first kappa shape index (κ1) is 9.77. The summed E-state index contributed by atoms with van der Waals surface area (Å²) in [6, 6.07) is 0. The Balaban J connectivity index is 1.57. The molecule has 0 aromatic carbocycles. The van der Waals surface area contributed by atoms with E-state index < -0.39 is 6.09 Å². The molecule has 2 saturated heterocycles. The van der Waals surface area contributed by atoms with Gasteiger partial charge in [-0.1, -0.05) is 0 Å². The Labute approximate surface area is 84.5 Å². The molecule has 2 aliphatic heterocycles. The first-order valence-corrected chi connectivity index (χ1v) is 5.46. The molecule has 0 spiro atoms. The van der Waals surface area contributed by atoms with Crippen molar-refractivity contribution >= 4 is 6.09 Å². The van der Waals surface area contributed by atoms with Gasteiger partial charge in [-0.15, -0.1) is 0 Å². The molecule has 2 heterocycles. The average molecular weight is 198 g/mol. The van der Waals surface area contributed by atoms with Crippen LogP contribution in [0.3, 0.4) is 0 Å². The van der Waals surface area contributed by atoms with Gasteiger partial charge in [0.2, 0.25) is 0 Å². The van der Waals surface area contributed by atoms with Crippen LogP contribution in [0.5, 0.6) is 0 Å². The number of nitrogens with zero attached hydrogens (tertiary/aromatic N) is 2. The molecule has 2 rings (SSSR count). The first-order valence-electron chi connectivity index (χ1n) is 5.46. The van der Waals surface area contributed by atoms with E-state index in [2.05, 4.69) is 4.90 Å². The molecule has 0 aliphatic carbocycles. The molecule has 0 atom stereocenters. The molecular weight excluding hydrogens is 180 g/mol. The van der Waals surface area contributed by atoms with Gasteiger partial charge in [-0.3, -0.25) is 0 Å². The zero-order valence-corrected chi connectivity index (χ0v) is 8.48. The monoisotopic (exact) mass is 198 g/mol. The molecule has 4 heteroatoms. The molecule has 0 radical (unpaired) electrons. The molecule has 0 aromatic heterocycles. The van der Waals surface area contributed by atoms with Crippen LogP contribution in [0.25, 0.3) is 0 Å². The fourth-order valence-electron chi connectivity index (χ4n) is 2.28. The van der Waals surface area contributed by atoms with Crippen molar-refractivity contribution in [3.8, 4) is 0 Å². The van der Waals surface area contributed by atoms with Gasteiger partial charge in [0, 0.05) is 13.1 Å². The van der Waals surface area contributed by atoms with E-state index in [-0.39, 0.29) is 0 Å².